The highest BCUT2D eigenvalue weighted by Gasteiger charge is 2.17. The molecule has 5 nitrogen and oxygen atoms in total. The molecule has 0 bridgehead atoms. The van der Waals surface area contributed by atoms with Gasteiger partial charge in [0.1, 0.15) is 12.3 Å². The molecule has 1 aromatic heterocycles. The third-order valence-electron chi connectivity index (χ3n) is 4.63. The molecule has 0 fully saturated rings. The molecule has 2 aromatic carbocycles. The third kappa shape index (κ3) is 4.37. The first-order chi connectivity index (χ1) is 13.1. The molecule has 0 saturated heterocycles. The Balaban J connectivity index is 1.96. The molecule has 1 atom stereocenters. The van der Waals surface area contributed by atoms with Crippen LogP contribution in [0, 0.1) is 5.92 Å². The highest BCUT2D eigenvalue weighted by molar-refractivity contribution is 5.96. The fraction of sp³-hybridized carbons (Fsp3) is 0.273. The van der Waals surface area contributed by atoms with E-state index in [-0.39, 0.29) is 23.8 Å². The molecule has 140 valence electrons. The maximum absolute atomic E-state index is 12.9. The van der Waals surface area contributed by atoms with Crippen LogP contribution in [-0.2, 0) is 6.61 Å². The number of carbonyl (C=O) groups is 1. The van der Waals surface area contributed by atoms with Crippen molar-refractivity contribution in [3.05, 3.63) is 82.3 Å². The summed E-state index contributed by atoms with van der Waals surface area (Å²) < 4.78 is 1.11. The molecule has 0 aliphatic heterocycles. The Morgan fingerprint density at radius 2 is 1.81 bits per heavy atom. The summed E-state index contributed by atoms with van der Waals surface area (Å²) in [5.41, 5.74) is 0.791. The van der Waals surface area contributed by atoms with Crippen molar-refractivity contribution in [1.29, 1.82) is 0 Å². The number of pyridine rings is 1. The van der Waals surface area contributed by atoms with Gasteiger partial charge in [0.05, 0.1) is 5.39 Å². The topological polar surface area (TPSA) is 60.3 Å². The van der Waals surface area contributed by atoms with Crippen molar-refractivity contribution in [2.45, 2.75) is 26.9 Å². The molecule has 0 aliphatic carbocycles. The maximum atomic E-state index is 12.9. The van der Waals surface area contributed by atoms with Gasteiger partial charge in [-0.05, 0) is 29.0 Å². The van der Waals surface area contributed by atoms with Gasteiger partial charge in [-0.15, -0.1) is 4.73 Å². The Labute approximate surface area is 158 Å². The van der Waals surface area contributed by atoms with E-state index in [0.29, 0.717) is 17.8 Å². The zero-order chi connectivity index (χ0) is 19.2. The van der Waals surface area contributed by atoms with E-state index in [1.54, 1.807) is 18.2 Å². The molecule has 27 heavy (non-hydrogen) atoms. The molecule has 1 amide bonds. The monoisotopic (exact) mass is 364 g/mol. The Morgan fingerprint density at radius 1 is 1.11 bits per heavy atom. The van der Waals surface area contributed by atoms with Gasteiger partial charge in [0, 0.05) is 6.54 Å². The van der Waals surface area contributed by atoms with Crippen molar-refractivity contribution in [3.8, 4) is 0 Å². The summed E-state index contributed by atoms with van der Waals surface area (Å²) in [4.78, 5) is 31.4. The quantitative estimate of drug-likeness (QED) is 0.699. The number of fused-ring (bicyclic) bond motifs is 1. The van der Waals surface area contributed by atoms with Crippen molar-refractivity contribution in [2.75, 3.05) is 6.54 Å². The van der Waals surface area contributed by atoms with E-state index in [4.69, 9.17) is 4.84 Å². The molecule has 5 heteroatoms. The Kier molecular flexibility index (Phi) is 5.91. The van der Waals surface area contributed by atoms with E-state index in [2.05, 4.69) is 19.2 Å². The maximum Gasteiger partial charge on any atom is 0.291 e. The summed E-state index contributed by atoms with van der Waals surface area (Å²) >= 11 is 0. The average Bonchev–Trinajstić information content (AvgIpc) is 2.71. The van der Waals surface area contributed by atoms with Crippen molar-refractivity contribution in [1.82, 2.24) is 10.0 Å². The lowest BCUT2D eigenvalue weighted by atomic mass is 10.1. The SMILES string of the molecule is CCC(C)CNC(=O)c1cc2ccccc2c(=O)n1OCc1ccccc1. The van der Waals surface area contributed by atoms with Crippen LogP contribution in [0.3, 0.4) is 0 Å². The predicted octanol–water partition coefficient (Wildman–Crippen LogP) is 3.41. The normalized spacial score (nSPS) is 11.9. The number of rotatable bonds is 7. The lowest BCUT2D eigenvalue weighted by Gasteiger charge is -2.16. The lowest BCUT2D eigenvalue weighted by molar-refractivity contribution is 0.0716. The molecular weight excluding hydrogens is 340 g/mol. The number of benzene rings is 2. The number of hydrogen-bond donors (Lipinski definition) is 1. The first kappa shape index (κ1) is 18.7. The van der Waals surface area contributed by atoms with E-state index < -0.39 is 0 Å². The summed E-state index contributed by atoms with van der Waals surface area (Å²) in [5.74, 6) is 0.0473. The average molecular weight is 364 g/mol. The van der Waals surface area contributed by atoms with E-state index in [9.17, 15) is 9.59 Å². The number of carbonyl (C=O) groups excluding carboxylic acids is 1. The second-order valence-electron chi connectivity index (χ2n) is 6.70. The second-order valence-corrected chi connectivity index (χ2v) is 6.70. The van der Waals surface area contributed by atoms with Crippen LogP contribution >= 0.6 is 0 Å². The summed E-state index contributed by atoms with van der Waals surface area (Å²) in [6.07, 6.45) is 0.968. The Bertz CT molecular complexity index is 980. The van der Waals surface area contributed by atoms with Gasteiger partial charge >= 0.3 is 0 Å². The van der Waals surface area contributed by atoms with Gasteiger partial charge in [0.2, 0.25) is 0 Å². The fourth-order valence-electron chi connectivity index (χ4n) is 2.74. The van der Waals surface area contributed by atoms with Crippen molar-refractivity contribution in [3.63, 3.8) is 0 Å². The minimum absolute atomic E-state index is 0.199. The van der Waals surface area contributed by atoms with Gasteiger partial charge in [0.15, 0.2) is 0 Å². The Morgan fingerprint density at radius 3 is 2.56 bits per heavy atom. The van der Waals surface area contributed by atoms with Crippen molar-refractivity contribution < 1.29 is 9.63 Å². The predicted molar refractivity (Wildman–Crippen MR) is 107 cm³/mol. The summed E-state index contributed by atoms with van der Waals surface area (Å²) in [5, 5.41) is 4.14. The van der Waals surface area contributed by atoms with E-state index >= 15 is 0 Å². The summed E-state index contributed by atoms with van der Waals surface area (Å²) in [6, 6.07) is 18.5. The molecule has 0 saturated carbocycles. The smallest absolute Gasteiger partial charge is 0.291 e. The molecule has 1 N–H and O–H groups in total. The van der Waals surface area contributed by atoms with Gasteiger partial charge in [-0.3, -0.25) is 9.59 Å². The molecule has 1 heterocycles. The molecular formula is C22H24N2O3. The highest BCUT2D eigenvalue weighted by atomic mass is 16.7. The zero-order valence-electron chi connectivity index (χ0n) is 15.6. The van der Waals surface area contributed by atoms with Gasteiger partial charge in [-0.25, -0.2) is 0 Å². The van der Waals surface area contributed by atoms with E-state index in [1.165, 1.54) is 0 Å². The van der Waals surface area contributed by atoms with E-state index in [0.717, 1.165) is 22.1 Å². The molecule has 3 rings (SSSR count). The minimum Gasteiger partial charge on any atom is -0.405 e. The minimum atomic E-state index is -0.335. The molecule has 0 aliphatic rings. The Hall–Kier alpha value is -3.08. The lowest BCUT2D eigenvalue weighted by Crippen LogP contribution is -2.37. The largest absolute Gasteiger partial charge is 0.405 e. The summed E-state index contributed by atoms with van der Waals surface area (Å²) in [7, 11) is 0. The third-order valence-corrected chi connectivity index (χ3v) is 4.63. The number of amides is 1. The van der Waals surface area contributed by atoms with Crippen LogP contribution in [0.15, 0.2) is 65.5 Å². The van der Waals surface area contributed by atoms with E-state index in [1.807, 2.05) is 42.5 Å². The van der Waals surface area contributed by atoms with Gasteiger partial charge in [0.25, 0.3) is 11.5 Å². The number of nitrogens with zero attached hydrogens (tertiary/aromatic N) is 1. The van der Waals surface area contributed by atoms with Crippen LogP contribution in [0.25, 0.3) is 10.8 Å². The van der Waals surface area contributed by atoms with Gasteiger partial charge in [-0.2, -0.15) is 0 Å². The number of hydrogen-bond acceptors (Lipinski definition) is 3. The molecule has 3 aromatic rings. The fourth-order valence-corrected chi connectivity index (χ4v) is 2.74. The zero-order valence-corrected chi connectivity index (χ0v) is 15.6. The van der Waals surface area contributed by atoms with Crippen LogP contribution in [0.4, 0.5) is 0 Å². The van der Waals surface area contributed by atoms with Crippen LogP contribution in [-0.4, -0.2) is 17.2 Å². The molecule has 0 spiro atoms. The highest BCUT2D eigenvalue weighted by Crippen LogP contribution is 2.12. The number of nitrogens with one attached hydrogen (secondary N) is 1. The summed E-state index contributed by atoms with van der Waals surface area (Å²) in [6.45, 7) is 4.89. The van der Waals surface area contributed by atoms with Crippen molar-refractivity contribution >= 4 is 16.7 Å². The second kappa shape index (κ2) is 8.54. The van der Waals surface area contributed by atoms with Crippen LogP contribution in [0.2, 0.25) is 0 Å². The standard InChI is InChI=1S/C22H24N2O3/c1-3-16(2)14-23-21(25)20-13-18-11-7-8-12-19(18)22(26)24(20)27-15-17-9-5-4-6-10-17/h4-13,16H,3,14-15H2,1-2H3,(H,23,25). The van der Waals surface area contributed by atoms with Crippen LogP contribution < -0.4 is 15.7 Å². The first-order valence-corrected chi connectivity index (χ1v) is 9.20. The van der Waals surface area contributed by atoms with Crippen LogP contribution in [0.1, 0.15) is 36.3 Å². The first-order valence-electron chi connectivity index (χ1n) is 9.20. The van der Waals surface area contributed by atoms with Crippen LogP contribution in [0.5, 0.6) is 0 Å². The van der Waals surface area contributed by atoms with Gasteiger partial charge in [-0.1, -0.05) is 68.8 Å². The number of aromatic nitrogens is 1. The van der Waals surface area contributed by atoms with Gasteiger partial charge < -0.3 is 10.2 Å². The van der Waals surface area contributed by atoms with Crippen molar-refractivity contribution in [2.24, 2.45) is 5.92 Å². The molecule has 0 radical (unpaired) electrons. The molecule has 1 unspecified atom stereocenters.